The Kier molecular flexibility index (Phi) is 2.75. The fourth-order valence-corrected chi connectivity index (χ4v) is 2.05. The van der Waals surface area contributed by atoms with E-state index in [4.69, 9.17) is 4.74 Å². The number of anilines is 1. The van der Waals surface area contributed by atoms with Gasteiger partial charge in [0.2, 0.25) is 5.13 Å². The van der Waals surface area contributed by atoms with E-state index in [9.17, 15) is 0 Å². The Morgan fingerprint density at radius 3 is 3.31 bits per heavy atom. The van der Waals surface area contributed by atoms with Crippen molar-refractivity contribution < 1.29 is 4.74 Å². The van der Waals surface area contributed by atoms with Crippen LogP contribution in [0.5, 0.6) is 0 Å². The third-order valence-electron chi connectivity index (χ3n) is 2.17. The first-order valence-corrected chi connectivity index (χ1v) is 5.27. The van der Waals surface area contributed by atoms with E-state index in [1.807, 2.05) is 0 Å². The molecule has 1 saturated heterocycles. The predicted molar refractivity (Wildman–Crippen MR) is 52.0 cm³/mol. The average Bonchev–Trinajstić information content (AvgIpc) is 2.57. The molecule has 4 nitrogen and oxygen atoms in total. The fraction of sp³-hybridized carbons (Fsp3) is 0.750. The molecule has 1 fully saturated rings. The van der Waals surface area contributed by atoms with Crippen molar-refractivity contribution >= 4 is 16.7 Å². The Hall–Kier alpha value is -0.680. The van der Waals surface area contributed by atoms with Gasteiger partial charge in [0.25, 0.3) is 0 Å². The Morgan fingerprint density at radius 2 is 2.62 bits per heavy atom. The van der Waals surface area contributed by atoms with E-state index in [1.165, 1.54) is 11.5 Å². The lowest BCUT2D eigenvalue weighted by Crippen LogP contribution is -2.32. The molecule has 0 saturated carbocycles. The van der Waals surface area contributed by atoms with E-state index in [0.29, 0.717) is 12.1 Å². The molecule has 5 heteroatoms. The van der Waals surface area contributed by atoms with Gasteiger partial charge in [-0.2, -0.15) is 4.37 Å². The Bertz CT molecular complexity index is 252. The maximum atomic E-state index is 5.45. The number of hydrogen-bond donors (Lipinski definition) is 1. The molecule has 1 aliphatic rings. The highest BCUT2D eigenvalue weighted by Crippen LogP contribution is 2.18. The zero-order chi connectivity index (χ0) is 9.10. The van der Waals surface area contributed by atoms with Crippen molar-refractivity contribution in [3.8, 4) is 0 Å². The topological polar surface area (TPSA) is 47.0 Å². The molecule has 2 heterocycles. The van der Waals surface area contributed by atoms with Crippen molar-refractivity contribution in [1.82, 2.24) is 9.36 Å². The molecule has 0 aromatic carbocycles. The second kappa shape index (κ2) is 4.02. The van der Waals surface area contributed by atoms with Crippen LogP contribution in [-0.4, -0.2) is 28.1 Å². The van der Waals surface area contributed by atoms with Crippen molar-refractivity contribution in [2.45, 2.75) is 31.9 Å². The Morgan fingerprint density at radius 1 is 1.69 bits per heavy atom. The summed E-state index contributed by atoms with van der Waals surface area (Å²) in [6.07, 6.45) is 4.05. The van der Waals surface area contributed by atoms with Crippen LogP contribution >= 0.6 is 11.5 Å². The molecule has 1 aromatic rings. The summed E-state index contributed by atoms with van der Waals surface area (Å²) >= 11 is 1.40. The van der Waals surface area contributed by atoms with E-state index >= 15 is 0 Å². The Balaban J connectivity index is 1.87. The van der Waals surface area contributed by atoms with E-state index in [-0.39, 0.29) is 0 Å². The van der Waals surface area contributed by atoms with Crippen LogP contribution in [0.15, 0.2) is 6.33 Å². The van der Waals surface area contributed by atoms with E-state index in [0.717, 1.165) is 24.6 Å². The van der Waals surface area contributed by atoms with E-state index < -0.39 is 0 Å². The summed E-state index contributed by atoms with van der Waals surface area (Å²) in [4.78, 5) is 4.09. The molecule has 2 rings (SSSR count). The van der Waals surface area contributed by atoms with Crippen LogP contribution in [-0.2, 0) is 4.74 Å². The van der Waals surface area contributed by atoms with Crippen molar-refractivity contribution in [1.29, 1.82) is 0 Å². The highest BCUT2D eigenvalue weighted by atomic mass is 32.1. The standard InChI is InChI=1S/C8H13N3OS/c1-6-4-7(2-3-12-6)11-8-9-5-10-13-8/h5-7H,2-4H2,1H3,(H,9,10,11). The van der Waals surface area contributed by atoms with Crippen LogP contribution < -0.4 is 5.32 Å². The minimum absolute atomic E-state index is 0.360. The van der Waals surface area contributed by atoms with Gasteiger partial charge in [-0.05, 0) is 19.8 Å². The minimum Gasteiger partial charge on any atom is -0.378 e. The van der Waals surface area contributed by atoms with Gasteiger partial charge in [0.1, 0.15) is 6.33 Å². The predicted octanol–water partition coefficient (Wildman–Crippen LogP) is 1.52. The summed E-state index contributed by atoms with van der Waals surface area (Å²) in [5.74, 6) is 0. The second-order valence-electron chi connectivity index (χ2n) is 3.29. The van der Waals surface area contributed by atoms with Crippen LogP contribution in [0.25, 0.3) is 0 Å². The first-order chi connectivity index (χ1) is 6.34. The van der Waals surface area contributed by atoms with Crippen LogP contribution in [0.4, 0.5) is 5.13 Å². The van der Waals surface area contributed by atoms with Gasteiger partial charge >= 0.3 is 0 Å². The largest absolute Gasteiger partial charge is 0.378 e. The molecule has 72 valence electrons. The maximum Gasteiger partial charge on any atom is 0.202 e. The smallest absolute Gasteiger partial charge is 0.202 e. The lowest BCUT2D eigenvalue weighted by molar-refractivity contribution is 0.0232. The summed E-state index contributed by atoms with van der Waals surface area (Å²) in [6, 6.07) is 0.497. The number of nitrogens with one attached hydrogen (secondary N) is 1. The molecular formula is C8H13N3OS. The highest BCUT2D eigenvalue weighted by molar-refractivity contribution is 7.09. The van der Waals surface area contributed by atoms with Crippen molar-refractivity contribution in [3.63, 3.8) is 0 Å². The third kappa shape index (κ3) is 2.38. The van der Waals surface area contributed by atoms with Gasteiger partial charge in [-0.3, -0.25) is 0 Å². The fourth-order valence-electron chi connectivity index (χ4n) is 1.54. The molecule has 1 aliphatic heterocycles. The third-order valence-corrected chi connectivity index (χ3v) is 2.77. The monoisotopic (exact) mass is 199 g/mol. The number of nitrogens with zero attached hydrogens (tertiary/aromatic N) is 2. The number of aromatic nitrogens is 2. The maximum absolute atomic E-state index is 5.45. The molecule has 2 unspecified atom stereocenters. The zero-order valence-electron chi connectivity index (χ0n) is 7.56. The van der Waals surface area contributed by atoms with Gasteiger partial charge in [-0.25, -0.2) is 4.98 Å². The first kappa shape index (κ1) is 8.90. The molecule has 1 N–H and O–H groups in total. The van der Waals surface area contributed by atoms with Crippen LogP contribution in [0.3, 0.4) is 0 Å². The van der Waals surface area contributed by atoms with Crippen LogP contribution in [0.1, 0.15) is 19.8 Å². The quantitative estimate of drug-likeness (QED) is 0.784. The summed E-state index contributed by atoms with van der Waals surface area (Å²) in [5, 5.41) is 4.27. The number of ether oxygens (including phenoxy) is 1. The molecule has 0 bridgehead atoms. The molecule has 0 spiro atoms. The average molecular weight is 199 g/mol. The van der Waals surface area contributed by atoms with Gasteiger partial charge in [0.05, 0.1) is 6.10 Å². The Labute approximate surface area is 81.5 Å². The number of hydrogen-bond acceptors (Lipinski definition) is 5. The zero-order valence-corrected chi connectivity index (χ0v) is 8.38. The van der Waals surface area contributed by atoms with E-state index in [2.05, 4.69) is 21.6 Å². The number of rotatable bonds is 2. The van der Waals surface area contributed by atoms with Crippen molar-refractivity contribution in [2.75, 3.05) is 11.9 Å². The van der Waals surface area contributed by atoms with Crippen LogP contribution in [0, 0.1) is 0 Å². The normalized spacial score (nSPS) is 28.7. The van der Waals surface area contributed by atoms with Gasteiger partial charge in [-0.15, -0.1) is 0 Å². The summed E-state index contributed by atoms with van der Waals surface area (Å²) in [6.45, 7) is 2.95. The summed E-state index contributed by atoms with van der Waals surface area (Å²) < 4.78 is 9.40. The molecule has 13 heavy (non-hydrogen) atoms. The van der Waals surface area contributed by atoms with Crippen molar-refractivity contribution in [2.24, 2.45) is 0 Å². The van der Waals surface area contributed by atoms with Crippen molar-refractivity contribution in [3.05, 3.63) is 6.33 Å². The summed E-state index contributed by atoms with van der Waals surface area (Å²) in [5.41, 5.74) is 0. The minimum atomic E-state index is 0.360. The first-order valence-electron chi connectivity index (χ1n) is 4.49. The molecule has 0 aliphatic carbocycles. The molecule has 0 amide bonds. The second-order valence-corrected chi connectivity index (χ2v) is 4.07. The molecule has 0 radical (unpaired) electrons. The van der Waals surface area contributed by atoms with Gasteiger partial charge < -0.3 is 10.1 Å². The highest BCUT2D eigenvalue weighted by Gasteiger charge is 2.19. The lowest BCUT2D eigenvalue weighted by atomic mass is 10.1. The SMILES string of the molecule is CC1CC(Nc2ncns2)CCO1. The molecule has 2 atom stereocenters. The van der Waals surface area contributed by atoms with Gasteiger partial charge in [-0.1, -0.05) is 0 Å². The molecular weight excluding hydrogens is 186 g/mol. The summed E-state index contributed by atoms with van der Waals surface area (Å²) in [7, 11) is 0. The van der Waals surface area contributed by atoms with Crippen LogP contribution in [0.2, 0.25) is 0 Å². The van der Waals surface area contributed by atoms with Gasteiger partial charge in [0, 0.05) is 24.2 Å². The van der Waals surface area contributed by atoms with Gasteiger partial charge in [0.15, 0.2) is 0 Å². The lowest BCUT2D eigenvalue weighted by Gasteiger charge is -2.27. The molecule has 1 aromatic heterocycles. The van der Waals surface area contributed by atoms with E-state index in [1.54, 1.807) is 6.33 Å².